The van der Waals surface area contributed by atoms with Crippen LogP contribution in [0.3, 0.4) is 0 Å². The summed E-state index contributed by atoms with van der Waals surface area (Å²) in [7, 11) is 1.46. The second kappa shape index (κ2) is 7.81. The monoisotopic (exact) mass is 427 g/mol. The molecule has 1 unspecified atom stereocenters. The van der Waals surface area contributed by atoms with Gasteiger partial charge in [0.05, 0.1) is 13.6 Å². The number of phenolic OH excluding ortho intramolecular Hbond substituents is 2. The minimum absolute atomic E-state index is 0.0655. The number of hydrogen-bond donors (Lipinski definition) is 3. The molecule has 4 rings (SSSR count). The molecule has 162 valence electrons. The van der Waals surface area contributed by atoms with Crippen molar-refractivity contribution in [2.75, 3.05) is 20.1 Å². The van der Waals surface area contributed by atoms with Crippen LogP contribution in [-0.2, 0) is 0 Å². The van der Waals surface area contributed by atoms with Crippen LogP contribution in [0.1, 0.15) is 29.2 Å². The highest BCUT2D eigenvalue weighted by molar-refractivity contribution is 5.89. The van der Waals surface area contributed by atoms with E-state index in [1.165, 1.54) is 25.3 Å². The predicted octanol–water partition coefficient (Wildman–Crippen LogP) is 3.31. The Balaban J connectivity index is 1.85. The molecule has 31 heavy (non-hydrogen) atoms. The topological polar surface area (TPSA) is 114 Å². The Bertz CT molecular complexity index is 1230. The quantitative estimate of drug-likeness (QED) is 0.437. The Hall–Kier alpha value is -3.20. The zero-order valence-electron chi connectivity index (χ0n) is 16.8. The second-order valence-corrected chi connectivity index (χ2v) is 8.07. The molecule has 1 aromatic heterocycles. The van der Waals surface area contributed by atoms with Gasteiger partial charge in [-0.2, -0.15) is 0 Å². The van der Waals surface area contributed by atoms with Crippen molar-refractivity contribution in [1.82, 2.24) is 0 Å². The number of likely N-dealkylation sites (N-methyl/N-ethyl adjacent to an activating group) is 1. The van der Waals surface area contributed by atoms with Gasteiger partial charge in [0.15, 0.2) is 5.43 Å². The van der Waals surface area contributed by atoms with E-state index >= 15 is 0 Å². The van der Waals surface area contributed by atoms with Gasteiger partial charge >= 0.3 is 0 Å². The number of aliphatic hydroxyl groups is 1. The maximum absolute atomic E-state index is 13.9. The summed E-state index contributed by atoms with van der Waals surface area (Å²) in [5.41, 5.74) is -0.162. The normalized spacial score (nSPS) is 24.1. The van der Waals surface area contributed by atoms with Crippen molar-refractivity contribution in [2.45, 2.75) is 18.4 Å². The maximum Gasteiger partial charge on any atom is 0.197 e. The van der Waals surface area contributed by atoms with E-state index in [2.05, 4.69) is 0 Å². The minimum Gasteiger partial charge on any atom is -0.633 e. The number of nitrogens with zero attached hydrogens (tertiary/aromatic N) is 1. The van der Waals surface area contributed by atoms with Crippen LogP contribution < -0.4 is 5.43 Å². The van der Waals surface area contributed by atoms with Gasteiger partial charge < -0.3 is 29.6 Å². The summed E-state index contributed by atoms with van der Waals surface area (Å²) < 4.78 is 19.1. The molecule has 7 nitrogen and oxygen atoms in total. The molecule has 0 saturated carbocycles. The zero-order valence-corrected chi connectivity index (χ0v) is 16.8. The molecule has 8 heteroatoms. The van der Waals surface area contributed by atoms with Gasteiger partial charge in [-0.05, 0) is 18.2 Å². The summed E-state index contributed by atoms with van der Waals surface area (Å²) in [5, 5.41) is 43.4. The summed E-state index contributed by atoms with van der Waals surface area (Å²) in [6.45, 7) is 0.129. The number of aromatic hydroxyl groups is 2. The van der Waals surface area contributed by atoms with E-state index in [9.17, 15) is 29.7 Å². The molecule has 3 aromatic rings. The van der Waals surface area contributed by atoms with Crippen molar-refractivity contribution >= 4 is 23.1 Å². The third kappa shape index (κ3) is 4.05. The number of phenols is 2. The van der Waals surface area contributed by atoms with Crippen LogP contribution in [0.15, 0.2) is 45.6 Å². The molecule has 2 aromatic carbocycles. The molecule has 3 atom stereocenters. The van der Waals surface area contributed by atoms with Gasteiger partial charge in [-0.1, -0.05) is 18.2 Å². The van der Waals surface area contributed by atoms with Gasteiger partial charge in [0.25, 0.3) is 0 Å². The summed E-state index contributed by atoms with van der Waals surface area (Å²) in [4.78, 5) is 12.7. The second-order valence-electron chi connectivity index (χ2n) is 8.07. The van der Waals surface area contributed by atoms with Crippen molar-refractivity contribution in [3.63, 3.8) is 0 Å². The van der Waals surface area contributed by atoms with Crippen LogP contribution in [0.2, 0.25) is 0 Å². The molecule has 0 amide bonds. The predicted molar refractivity (Wildman–Crippen MR) is 114 cm³/mol. The van der Waals surface area contributed by atoms with Crippen LogP contribution in [0.25, 0.3) is 23.1 Å². The summed E-state index contributed by atoms with van der Waals surface area (Å²) >= 11 is 0. The Morgan fingerprint density at radius 1 is 1.19 bits per heavy atom. The van der Waals surface area contributed by atoms with Crippen molar-refractivity contribution in [1.29, 1.82) is 0 Å². The third-order valence-electron chi connectivity index (χ3n) is 5.67. The average molecular weight is 427 g/mol. The lowest BCUT2D eigenvalue weighted by molar-refractivity contribution is -0.870. The highest BCUT2D eigenvalue weighted by Crippen LogP contribution is 2.42. The number of likely N-dealkylation sites (tertiary alicyclic amines) is 1. The van der Waals surface area contributed by atoms with Crippen LogP contribution in [0, 0.1) is 11.0 Å². The Morgan fingerprint density at radius 3 is 2.65 bits per heavy atom. The third-order valence-corrected chi connectivity index (χ3v) is 5.67. The number of benzene rings is 2. The lowest BCUT2D eigenvalue weighted by atomic mass is 9.85. The fraction of sp³-hybridized carbons (Fsp3) is 0.261. The Labute approximate surface area is 177 Å². The first-order valence-corrected chi connectivity index (χ1v) is 9.85. The maximum atomic E-state index is 13.9. The fourth-order valence-electron chi connectivity index (χ4n) is 4.12. The number of quaternary nitrogens is 1. The van der Waals surface area contributed by atoms with Gasteiger partial charge in [0.2, 0.25) is 0 Å². The molecule has 0 aliphatic carbocycles. The number of hydrogen-bond acceptors (Lipinski definition) is 6. The van der Waals surface area contributed by atoms with Gasteiger partial charge in [-0.3, -0.25) is 4.79 Å². The number of aliphatic hydroxyl groups excluding tert-OH is 1. The lowest BCUT2D eigenvalue weighted by Gasteiger charge is -2.46. The number of rotatable bonds is 3. The molecular weight excluding hydrogens is 405 g/mol. The van der Waals surface area contributed by atoms with Crippen LogP contribution >= 0.6 is 0 Å². The fourth-order valence-corrected chi connectivity index (χ4v) is 4.12. The SMILES string of the molecule is C[N+]1([O-])CC[C@H](c2c(O)cc(O)c3c(=O)cc(/C=C/c4ccccc4F)oc23)[C@H](O)C1. The van der Waals surface area contributed by atoms with Gasteiger partial charge in [0, 0.05) is 35.6 Å². The van der Waals surface area contributed by atoms with E-state index in [4.69, 9.17) is 4.42 Å². The molecule has 1 aliphatic rings. The van der Waals surface area contributed by atoms with E-state index in [-0.39, 0.29) is 47.6 Å². The number of hydroxylamine groups is 3. The zero-order chi connectivity index (χ0) is 22.3. The molecule has 0 radical (unpaired) electrons. The first-order valence-electron chi connectivity index (χ1n) is 9.85. The van der Waals surface area contributed by atoms with E-state index in [0.29, 0.717) is 5.56 Å². The average Bonchev–Trinajstić information content (AvgIpc) is 2.68. The van der Waals surface area contributed by atoms with Gasteiger partial charge in [-0.15, -0.1) is 0 Å². The smallest absolute Gasteiger partial charge is 0.197 e. The number of fused-ring (bicyclic) bond motifs is 1. The largest absolute Gasteiger partial charge is 0.633 e. The summed E-state index contributed by atoms with van der Waals surface area (Å²) in [5.74, 6) is -1.81. The minimum atomic E-state index is -1.07. The molecule has 1 saturated heterocycles. The first-order chi connectivity index (χ1) is 14.7. The van der Waals surface area contributed by atoms with Gasteiger partial charge in [-0.25, -0.2) is 4.39 Å². The highest BCUT2D eigenvalue weighted by Gasteiger charge is 2.37. The molecule has 2 heterocycles. The molecular formula is C23H22FNO6. The van der Waals surface area contributed by atoms with E-state index < -0.39 is 33.7 Å². The summed E-state index contributed by atoms with van der Waals surface area (Å²) in [6, 6.07) is 8.28. The van der Waals surface area contributed by atoms with Crippen LogP contribution in [-0.4, -0.2) is 46.2 Å². The number of piperidine rings is 1. The van der Waals surface area contributed by atoms with Crippen molar-refractivity contribution in [3.05, 3.63) is 74.5 Å². The van der Waals surface area contributed by atoms with Crippen molar-refractivity contribution in [2.24, 2.45) is 0 Å². The Kier molecular flexibility index (Phi) is 5.30. The molecule has 1 fully saturated rings. The lowest BCUT2D eigenvalue weighted by Crippen LogP contribution is -2.51. The number of halogens is 1. The van der Waals surface area contributed by atoms with E-state index in [1.807, 2.05) is 0 Å². The van der Waals surface area contributed by atoms with Crippen LogP contribution in [0.4, 0.5) is 4.39 Å². The Morgan fingerprint density at radius 2 is 1.94 bits per heavy atom. The molecule has 0 bridgehead atoms. The first kappa shape index (κ1) is 21.0. The standard InChI is InChI=1S/C23H22FNO6/c1-25(30)9-8-15(20(29)12-25)21-18(27)11-19(28)22-17(26)10-14(31-23(21)22)7-6-13-4-2-3-5-16(13)24/h2-7,10-11,15,20,27-29H,8-9,12H2,1H3/b7-6+/t15-,20+,25?/m0/s1. The van der Waals surface area contributed by atoms with Crippen molar-refractivity contribution in [3.8, 4) is 11.5 Å². The molecule has 1 aliphatic heterocycles. The van der Waals surface area contributed by atoms with E-state index in [1.54, 1.807) is 18.2 Å². The molecule has 0 spiro atoms. The summed E-state index contributed by atoms with van der Waals surface area (Å²) in [6.07, 6.45) is 2.04. The highest BCUT2D eigenvalue weighted by atomic mass is 19.1. The molecule has 3 N–H and O–H groups in total. The van der Waals surface area contributed by atoms with E-state index in [0.717, 1.165) is 12.1 Å². The van der Waals surface area contributed by atoms with Gasteiger partial charge in [0.1, 0.15) is 46.7 Å². The van der Waals surface area contributed by atoms with Crippen molar-refractivity contribution < 1.29 is 28.8 Å². The van der Waals surface area contributed by atoms with Crippen LogP contribution in [0.5, 0.6) is 11.5 Å².